The van der Waals surface area contributed by atoms with Gasteiger partial charge in [0, 0.05) is 31.7 Å². The topological polar surface area (TPSA) is 69.5 Å². The van der Waals surface area contributed by atoms with E-state index in [0.29, 0.717) is 5.95 Å². The molecule has 7 heteroatoms. The number of anilines is 3. The molecule has 164 valence electrons. The van der Waals surface area contributed by atoms with Crippen molar-refractivity contribution in [2.24, 2.45) is 5.10 Å². The molecule has 3 aromatic rings. The SMILES string of the molecule is CC(=NNc1nc(N2CCCC2)nc(N2CCCC2)n1)c1ccc2c3c(cccc13)CC2. The van der Waals surface area contributed by atoms with E-state index in [0.717, 1.165) is 62.2 Å². The second kappa shape index (κ2) is 8.04. The first kappa shape index (κ1) is 19.5. The van der Waals surface area contributed by atoms with Crippen LogP contribution in [-0.4, -0.2) is 46.8 Å². The third-order valence-corrected chi connectivity index (χ3v) is 6.98. The third-order valence-electron chi connectivity index (χ3n) is 6.98. The second-order valence-electron chi connectivity index (χ2n) is 9.07. The van der Waals surface area contributed by atoms with E-state index in [1.165, 1.54) is 47.6 Å². The lowest BCUT2D eigenvalue weighted by Crippen LogP contribution is -2.25. The molecule has 1 aliphatic carbocycles. The molecule has 0 bridgehead atoms. The molecule has 2 fully saturated rings. The number of rotatable bonds is 5. The minimum absolute atomic E-state index is 0.522. The average Bonchev–Trinajstić information content (AvgIpc) is 3.60. The van der Waals surface area contributed by atoms with Crippen molar-refractivity contribution in [3.05, 3.63) is 47.0 Å². The Balaban J connectivity index is 1.33. The molecule has 0 amide bonds. The van der Waals surface area contributed by atoms with Gasteiger partial charge in [-0.15, -0.1) is 0 Å². The molecule has 0 atom stereocenters. The van der Waals surface area contributed by atoms with Crippen LogP contribution in [0.5, 0.6) is 0 Å². The Labute approximate surface area is 188 Å². The number of aryl methyl sites for hydroxylation is 2. The highest BCUT2D eigenvalue weighted by Crippen LogP contribution is 2.33. The number of nitrogens with zero attached hydrogens (tertiary/aromatic N) is 6. The first-order chi connectivity index (χ1) is 15.8. The molecule has 0 radical (unpaired) electrons. The fourth-order valence-electron chi connectivity index (χ4n) is 5.28. The van der Waals surface area contributed by atoms with Crippen LogP contribution in [0.3, 0.4) is 0 Å². The molecular weight excluding hydrogens is 398 g/mol. The first-order valence-corrected chi connectivity index (χ1v) is 11.9. The van der Waals surface area contributed by atoms with Gasteiger partial charge in [-0.05, 0) is 67.3 Å². The number of hydrogen-bond acceptors (Lipinski definition) is 7. The first-order valence-electron chi connectivity index (χ1n) is 11.9. The van der Waals surface area contributed by atoms with Gasteiger partial charge in [-0.2, -0.15) is 20.1 Å². The van der Waals surface area contributed by atoms with Crippen molar-refractivity contribution < 1.29 is 0 Å². The lowest BCUT2D eigenvalue weighted by atomic mass is 9.98. The predicted octanol–water partition coefficient (Wildman–Crippen LogP) is 4.16. The second-order valence-corrected chi connectivity index (χ2v) is 9.07. The van der Waals surface area contributed by atoms with Crippen LogP contribution < -0.4 is 15.2 Å². The summed E-state index contributed by atoms with van der Waals surface area (Å²) < 4.78 is 0. The average molecular weight is 428 g/mol. The minimum Gasteiger partial charge on any atom is -0.341 e. The number of aromatic nitrogens is 3. The normalized spacial score (nSPS) is 18.2. The van der Waals surface area contributed by atoms with Crippen LogP contribution in [0.1, 0.15) is 49.3 Å². The van der Waals surface area contributed by atoms with E-state index >= 15 is 0 Å². The van der Waals surface area contributed by atoms with Crippen molar-refractivity contribution in [1.29, 1.82) is 0 Å². The summed E-state index contributed by atoms with van der Waals surface area (Å²) in [6, 6.07) is 11.1. The van der Waals surface area contributed by atoms with Crippen LogP contribution in [0.25, 0.3) is 10.8 Å². The van der Waals surface area contributed by atoms with E-state index in [-0.39, 0.29) is 0 Å². The van der Waals surface area contributed by atoms with E-state index in [2.05, 4.69) is 52.5 Å². The fraction of sp³-hybridized carbons (Fsp3) is 0.440. The van der Waals surface area contributed by atoms with Crippen molar-refractivity contribution in [3.63, 3.8) is 0 Å². The van der Waals surface area contributed by atoms with Crippen molar-refractivity contribution in [3.8, 4) is 0 Å². The molecule has 0 unspecified atom stereocenters. The van der Waals surface area contributed by atoms with Crippen LogP contribution >= 0.6 is 0 Å². The largest absolute Gasteiger partial charge is 0.341 e. The molecule has 0 saturated carbocycles. The number of hydrazone groups is 1. The van der Waals surface area contributed by atoms with E-state index in [1.54, 1.807) is 0 Å². The summed E-state index contributed by atoms with van der Waals surface area (Å²) >= 11 is 0. The summed E-state index contributed by atoms with van der Waals surface area (Å²) in [5.41, 5.74) is 8.14. The Bertz CT molecular complexity index is 1150. The Kier molecular flexibility index (Phi) is 4.89. The maximum Gasteiger partial charge on any atom is 0.250 e. The molecule has 3 heterocycles. The number of hydrogen-bond donors (Lipinski definition) is 1. The van der Waals surface area contributed by atoms with Crippen LogP contribution in [0.2, 0.25) is 0 Å². The maximum absolute atomic E-state index is 4.79. The molecule has 32 heavy (non-hydrogen) atoms. The monoisotopic (exact) mass is 427 g/mol. The molecule has 6 rings (SSSR count). The zero-order chi connectivity index (χ0) is 21.5. The number of nitrogens with one attached hydrogen (secondary N) is 1. The molecule has 2 aromatic carbocycles. The molecule has 3 aliphatic rings. The molecule has 2 saturated heterocycles. The van der Waals surface area contributed by atoms with E-state index in [9.17, 15) is 0 Å². The Morgan fingerprint density at radius 1 is 0.812 bits per heavy atom. The third kappa shape index (κ3) is 3.45. The van der Waals surface area contributed by atoms with Crippen LogP contribution in [0.4, 0.5) is 17.8 Å². The summed E-state index contributed by atoms with van der Waals surface area (Å²) in [6.07, 6.45) is 7.03. The van der Waals surface area contributed by atoms with Crippen molar-refractivity contribution in [2.75, 3.05) is 41.4 Å². The van der Waals surface area contributed by atoms with Gasteiger partial charge in [0.15, 0.2) is 0 Å². The van der Waals surface area contributed by atoms with Gasteiger partial charge in [-0.3, -0.25) is 0 Å². The summed E-state index contributed by atoms with van der Waals surface area (Å²) in [5.74, 6) is 2.05. The molecule has 0 spiro atoms. The summed E-state index contributed by atoms with van der Waals surface area (Å²) in [5, 5.41) is 7.40. The van der Waals surface area contributed by atoms with Crippen LogP contribution in [0, 0.1) is 0 Å². The molecule has 1 N–H and O–H groups in total. The molecule has 2 aliphatic heterocycles. The van der Waals surface area contributed by atoms with E-state index < -0.39 is 0 Å². The standard InChI is InChI=1S/C25H29N7/c1-17(20-12-11-19-10-9-18-7-6-8-21(20)22(18)19)29-30-23-26-24(31-13-2-3-14-31)28-25(27-23)32-15-4-5-16-32/h6-8,11-12H,2-5,9-10,13-16H2,1H3,(H,26,27,28,30). The van der Waals surface area contributed by atoms with Crippen molar-refractivity contribution in [1.82, 2.24) is 15.0 Å². The van der Waals surface area contributed by atoms with Crippen molar-refractivity contribution >= 4 is 34.3 Å². The van der Waals surface area contributed by atoms with Crippen LogP contribution in [0.15, 0.2) is 35.4 Å². The van der Waals surface area contributed by atoms with Gasteiger partial charge in [0.05, 0.1) is 5.71 Å². The van der Waals surface area contributed by atoms with E-state index in [4.69, 9.17) is 20.1 Å². The Hall–Kier alpha value is -3.22. The zero-order valence-electron chi connectivity index (χ0n) is 18.6. The lowest BCUT2D eigenvalue weighted by molar-refractivity contribution is 0.838. The molecular formula is C25H29N7. The van der Waals surface area contributed by atoms with Gasteiger partial charge in [-0.25, -0.2) is 5.43 Å². The maximum atomic E-state index is 4.79. The minimum atomic E-state index is 0.522. The predicted molar refractivity (Wildman–Crippen MR) is 130 cm³/mol. The van der Waals surface area contributed by atoms with E-state index in [1.807, 2.05) is 0 Å². The number of benzene rings is 2. The summed E-state index contributed by atoms with van der Waals surface area (Å²) in [4.78, 5) is 18.7. The smallest absolute Gasteiger partial charge is 0.250 e. The molecule has 1 aromatic heterocycles. The van der Waals surface area contributed by atoms with Gasteiger partial charge < -0.3 is 9.80 Å². The van der Waals surface area contributed by atoms with Gasteiger partial charge in [0.25, 0.3) is 0 Å². The summed E-state index contributed by atoms with van der Waals surface area (Å²) in [6.45, 7) is 6.07. The Morgan fingerprint density at radius 3 is 2.09 bits per heavy atom. The highest BCUT2D eigenvalue weighted by atomic mass is 15.4. The van der Waals surface area contributed by atoms with Crippen LogP contribution in [-0.2, 0) is 12.8 Å². The van der Waals surface area contributed by atoms with Gasteiger partial charge >= 0.3 is 0 Å². The summed E-state index contributed by atoms with van der Waals surface area (Å²) in [7, 11) is 0. The quantitative estimate of drug-likeness (QED) is 0.487. The highest BCUT2D eigenvalue weighted by molar-refractivity contribution is 6.11. The fourth-order valence-corrected chi connectivity index (χ4v) is 5.28. The van der Waals surface area contributed by atoms with Gasteiger partial charge in [-0.1, -0.05) is 30.3 Å². The Morgan fingerprint density at radius 2 is 1.44 bits per heavy atom. The van der Waals surface area contributed by atoms with Gasteiger partial charge in [0.2, 0.25) is 17.8 Å². The van der Waals surface area contributed by atoms with Gasteiger partial charge in [0.1, 0.15) is 0 Å². The lowest BCUT2D eigenvalue weighted by Gasteiger charge is -2.20. The van der Waals surface area contributed by atoms with Crippen molar-refractivity contribution in [2.45, 2.75) is 45.4 Å². The highest BCUT2D eigenvalue weighted by Gasteiger charge is 2.22. The zero-order valence-corrected chi connectivity index (χ0v) is 18.6. The molecule has 7 nitrogen and oxygen atoms in total.